The van der Waals surface area contributed by atoms with Crippen LogP contribution in [0.25, 0.3) is 0 Å². The fraction of sp³-hybridized carbons (Fsp3) is 0.614. The van der Waals surface area contributed by atoms with Gasteiger partial charge in [-0.1, -0.05) is 88.4 Å². The van der Waals surface area contributed by atoms with Crippen molar-refractivity contribution in [3.05, 3.63) is 65.7 Å². The highest BCUT2D eigenvalue weighted by molar-refractivity contribution is 5.99. The number of aliphatic hydroxyl groups excluding tert-OH is 1. The Morgan fingerprint density at radius 3 is 2.07 bits per heavy atom. The molecule has 1 aliphatic carbocycles. The van der Waals surface area contributed by atoms with Gasteiger partial charge in [-0.25, -0.2) is 9.59 Å². The molecule has 14 heteroatoms. The first-order chi connectivity index (χ1) is 27.6. The minimum Gasteiger partial charge on any atom is -0.497 e. The number of imide groups is 1. The van der Waals surface area contributed by atoms with E-state index in [1.807, 2.05) is 42.5 Å². The third kappa shape index (κ3) is 15.2. The standard InChI is InChI=1S/C44H65N5O9/c1-29(2)38(41(53)45-36(27-31-15-11-8-12-16-31)40(52)48-42(54)49-21-23-57-24-22-49)47-39(51)33(25-32-17-19-34(56-6)20-18-32)28-37(50)35(26-30-13-9-7-10-14-30)46-43(55)58-44(3,4)5/h8,11-12,15-20,29-30,33,35-38,50H,7,9-10,13-14,21-28H2,1-6H3,(H,45,53)(H,46,55)(H,47,51)(H,48,52,54). The Morgan fingerprint density at radius 1 is 0.828 bits per heavy atom. The maximum absolute atomic E-state index is 14.4. The van der Waals surface area contributed by atoms with E-state index >= 15 is 0 Å². The molecule has 2 aromatic rings. The van der Waals surface area contributed by atoms with Crippen molar-refractivity contribution in [3.8, 4) is 5.75 Å². The van der Waals surface area contributed by atoms with E-state index in [-0.39, 0.29) is 19.3 Å². The molecular weight excluding hydrogens is 743 g/mol. The third-order valence-electron chi connectivity index (χ3n) is 10.7. The highest BCUT2D eigenvalue weighted by Crippen LogP contribution is 2.30. The number of rotatable bonds is 17. The Labute approximate surface area is 343 Å². The molecular formula is C44H65N5O9. The second kappa shape index (κ2) is 22.5. The van der Waals surface area contributed by atoms with Crippen molar-refractivity contribution in [2.24, 2.45) is 17.8 Å². The first kappa shape index (κ1) is 46.0. The number of benzene rings is 2. The van der Waals surface area contributed by atoms with Gasteiger partial charge in [0, 0.05) is 25.4 Å². The minimum absolute atomic E-state index is 0.0137. The summed E-state index contributed by atoms with van der Waals surface area (Å²) < 4.78 is 16.2. The quantitative estimate of drug-likeness (QED) is 0.148. The van der Waals surface area contributed by atoms with Crippen LogP contribution < -0.4 is 26.0 Å². The summed E-state index contributed by atoms with van der Waals surface area (Å²) >= 11 is 0. The van der Waals surface area contributed by atoms with Gasteiger partial charge in [-0.05, 0) is 75.1 Å². The molecule has 0 aromatic heterocycles. The van der Waals surface area contributed by atoms with Gasteiger partial charge in [0.05, 0.1) is 32.5 Å². The third-order valence-corrected chi connectivity index (χ3v) is 10.7. The van der Waals surface area contributed by atoms with Gasteiger partial charge in [-0.2, -0.15) is 0 Å². The lowest BCUT2D eigenvalue weighted by atomic mass is 9.82. The zero-order valence-electron chi connectivity index (χ0n) is 35.1. The van der Waals surface area contributed by atoms with Gasteiger partial charge >= 0.3 is 12.1 Å². The molecule has 58 heavy (non-hydrogen) atoms. The molecule has 2 fully saturated rings. The van der Waals surface area contributed by atoms with Crippen LogP contribution in [0, 0.1) is 17.8 Å². The maximum Gasteiger partial charge on any atom is 0.407 e. The van der Waals surface area contributed by atoms with Crippen molar-refractivity contribution in [3.63, 3.8) is 0 Å². The fourth-order valence-electron chi connectivity index (χ4n) is 7.50. The van der Waals surface area contributed by atoms with Crippen LogP contribution >= 0.6 is 0 Å². The SMILES string of the molecule is COc1ccc(CC(CC(O)C(CC2CCCCC2)NC(=O)OC(C)(C)C)C(=O)NC(C(=O)NC(Cc2ccccc2)C(=O)NC(=O)N2CCOCC2)C(C)C)cc1. The molecule has 1 heterocycles. The molecule has 320 valence electrons. The zero-order chi connectivity index (χ0) is 42.2. The molecule has 14 nitrogen and oxygen atoms in total. The van der Waals surface area contributed by atoms with Gasteiger partial charge < -0.3 is 40.2 Å². The van der Waals surface area contributed by atoms with Crippen LogP contribution in [0.1, 0.15) is 90.7 Å². The van der Waals surface area contributed by atoms with Crippen LogP contribution in [-0.4, -0.2) is 103 Å². The van der Waals surface area contributed by atoms with E-state index in [9.17, 15) is 29.1 Å². The van der Waals surface area contributed by atoms with Crippen LogP contribution in [0.2, 0.25) is 0 Å². The molecule has 1 saturated carbocycles. The van der Waals surface area contributed by atoms with E-state index in [1.165, 1.54) is 4.90 Å². The van der Waals surface area contributed by atoms with Crippen molar-refractivity contribution in [1.29, 1.82) is 0 Å². The molecule has 0 bridgehead atoms. The zero-order valence-corrected chi connectivity index (χ0v) is 35.1. The lowest BCUT2D eigenvalue weighted by molar-refractivity contribution is -0.134. The van der Waals surface area contributed by atoms with Gasteiger partial charge in [-0.15, -0.1) is 0 Å². The van der Waals surface area contributed by atoms with E-state index in [4.69, 9.17) is 14.2 Å². The highest BCUT2D eigenvalue weighted by Gasteiger charge is 2.35. The number of methoxy groups -OCH3 is 1. The van der Waals surface area contributed by atoms with E-state index in [0.29, 0.717) is 44.4 Å². The Balaban J connectivity index is 1.56. The molecule has 1 aliphatic heterocycles. The summed E-state index contributed by atoms with van der Waals surface area (Å²) in [5.74, 6) is -2.01. The van der Waals surface area contributed by atoms with Crippen molar-refractivity contribution < 1.29 is 43.3 Å². The number of morpholine rings is 1. The van der Waals surface area contributed by atoms with E-state index in [1.54, 1.807) is 53.9 Å². The van der Waals surface area contributed by atoms with E-state index in [0.717, 1.165) is 43.2 Å². The van der Waals surface area contributed by atoms with Crippen LogP contribution in [-0.2, 0) is 36.7 Å². The molecule has 5 N–H and O–H groups in total. The summed E-state index contributed by atoms with van der Waals surface area (Å²) in [4.78, 5) is 69.6. The minimum atomic E-state index is -1.13. The molecule has 6 amide bonds. The lowest BCUT2D eigenvalue weighted by Crippen LogP contribution is -2.58. The van der Waals surface area contributed by atoms with Crippen LogP contribution in [0.3, 0.4) is 0 Å². The number of aliphatic hydroxyl groups is 1. The van der Waals surface area contributed by atoms with Gasteiger partial charge in [-0.3, -0.25) is 19.7 Å². The number of urea groups is 1. The van der Waals surface area contributed by atoms with Crippen molar-refractivity contribution >= 4 is 29.8 Å². The van der Waals surface area contributed by atoms with Gasteiger partial charge in [0.15, 0.2) is 0 Å². The number of nitrogens with zero attached hydrogens (tertiary/aromatic N) is 1. The van der Waals surface area contributed by atoms with Gasteiger partial charge in [0.25, 0.3) is 5.91 Å². The van der Waals surface area contributed by atoms with Crippen molar-refractivity contribution in [2.75, 3.05) is 33.4 Å². The first-order valence-electron chi connectivity index (χ1n) is 20.7. The average molecular weight is 808 g/mol. The van der Waals surface area contributed by atoms with Gasteiger partial charge in [0.2, 0.25) is 11.8 Å². The highest BCUT2D eigenvalue weighted by atomic mass is 16.6. The summed E-state index contributed by atoms with van der Waals surface area (Å²) in [6.45, 7) is 10.3. The topological polar surface area (TPSA) is 185 Å². The first-order valence-corrected chi connectivity index (χ1v) is 20.7. The molecule has 5 unspecified atom stereocenters. The summed E-state index contributed by atoms with van der Waals surface area (Å²) in [6.07, 6.45) is 4.40. The molecule has 0 spiro atoms. The Kier molecular flexibility index (Phi) is 17.8. The number of carbonyl (C=O) groups is 5. The number of ether oxygens (including phenoxy) is 3. The Hall–Kier alpha value is -4.69. The maximum atomic E-state index is 14.4. The lowest BCUT2D eigenvalue weighted by Gasteiger charge is -2.33. The number of hydrogen-bond acceptors (Lipinski definition) is 9. The predicted octanol–water partition coefficient (Wildman–Crippen LogP) is 4.91. The second-order valence-electron chi connectivity index (χ2n) is 16.9. The number of nitrogens with one attached hydrogen (secondary N) is 4. The number of hydrogen-bond donors (Lipinski definition) is 5. The molecule has 2 aliphatic rings. The summed E-state index contributed by atoms with van der Waals surface area (Å²) in [7, 11) is 1.57. The van der Waals surface area contributed by atoms with Crippen LogP contribution in [0.5, 0.6) is 5.75 Å². The van der Waals surface area contributed by atoms with Crippen molar-refractivity contribution in [1.82, 2.24) is 26.2 Å². The molecule has 5 atom stereocenters. The molecule has 0 radical (unpaired) electrons. The average Bonchev–Trinajstić information content (AvgIpc) is 3.19. The molecule has 4 rings (SSSR count). The number of carbonyl (C=O) groups excluding carboxylic acids is 5. The number of alkyl carbamates (subject to hydrolysis) is 1. The Bertz CT molecular complexity index is 1620. The van der Waals surface area contributed by atoms with E-state index < -0.39 is 71.5 Å². The fourth-order valence-corrected chi connectivity index (χ4v) is 7.50. The van der Waals surface area contributed by atoms with Crippen LogP contribution in [0.4, 0.5) is 9.59 Å². The smallest absolute Gasteiger partial charge is 0.407 e. The van der Waals surface area contributed by atoms with Crippen LogP contribution in [0.15, 0.2) is 54.6 Å². The van der Waals surface area contributed by atoms with Crippen molar-refractivity contribution in [2.45, 2.75) is 122 Å². The molecule has 2 aromatic carbocycles. The normalized spacial score (nSPS) is 17.6. The van der Waals surface area contributed by atoms with Gasteiger partial charge in [0.1, 0.15) is 23.4 Å². The monoisotopic (exact) mass is 807 g/mol. The van der Waals surface area contributed by atoms with E-state index in [2.05, 4.69) is 21.3 Å². The summed E-state index contributed by atoms with van der Waals surface area (Å²) in [5.41, 5.74) is 0.836. The molecule has 1 saturated heterocycles. The largest absolute Gasteiger partial charge is 0.497 e. The summed E-state index contributed by atoms with van der Waals surface area (Å²) in [5, 5.41) is 23.0. The predicted molar refractivity (Wildman–Crippen MR) is 220 cm³/mol. The second-order valence-corrected chi connectivity index (χ2v) is 16.9. The summed E-state index contributed by atoms with van der Waals surface area (Å²) in [6, 6.07) is 13.0. The Morgan fingerprint density at radius 2 is 1.47 bits per heavy atom. The number of amides is 6.